The molecule has 1 N–H and O–H groups in total. The van der Waals surface area contributed by atoms with Crippen LogP contribution < -0.4 is 15.0 Å². The van der Waals surface area contributed by atoms with Gasteiger partial charge in [0.25, 0.3) is 5.91 Å². The number of hydrogen-bond acceptors (Lipinski definition) is 3. The van der Waals surface area contributed by atoms with Crippen LogP contribution in [-0.2, 0) is 4.79 Å². The van der Waals surface area contributed by atoms with Crippen LogP contribution in [0, 0.1) is 5.82 Å². The number of methoxy groups -OCH3 is 1. The van der Waals surface area contributed by atoms with Gasteiger partial charge in [-0.15, -0.1) is 0 Å². The normalized spacial score (nSPS) is 10.2. The summed E-state index contributed by atoms with van der Waals surface area (Å²) in [7, 11) is 1.51. The Hall–Kier alpha value is -2.60. The van der Waals surface area contributed by atoms with Gasteiger partial charge in [0, 0.05) is 31.3 Å². The molecule has 25 heavy (non-hydrogen) atoms. The van der Waals surface area contributed by atoms with E-state index >= 15 is 0 Å². The van der Waals surface area contributed by atoms with Crippen LogP contribution in [0.1, 0.15) is 17.3 Å². The number of anilines is 1. The molecule has 2 amide bonds. The van der Waals surface area contributed by atoms with Gasteiger partial charge in [0.1, 0.15) is 11.6 Å². The molecule has 2 aromatic rings. The first-order chi connectivity index (χ1) is 11.9. The SMILES string of the molecule is COc1ccc(N(CCNC(=O)c2ccc(F)cc2)C(C)=O)cc1Cl. The van der Waals surface area contributed by atoms with Crippen molar-refractivity contribution in [2.75, 3.05) is 25.1 Å². The Morgan fingerprint density at radius 1 is 1.20 bits per heavy atom. The number of halogens is 2. The van der Waals surface area contributed by atoms with Crippen molar-refractivity contribution < 1.29 is 18.7 Å². The second-order valence-electron chi connectivity index (χ2n) is 5.25. The number of hydrogen-bond donors (Lipinski definition) is 1. The third kappa shape index (κ3) is 4.93. The molecular formula is C18H18ClFN2O3. The highest BCUT2D eigenvalue weighted by atomic mass is 35.5. The Kier molecular flexibility index (Phi) is 6.36. The molecule has 7 heteroatoms. The number of carbonyl (C=O) groups is 2. The topological polar surface area (TPSA) is 58.6 Å². The van der Waals surface area contributed by atoms with Crippen molar-refractivity contribution in [3.63, 3.8) is 0 Å². The van der Waals surface area contributed by atoms with Crippen molar-refractivity contribution in [3.8, 4) is 5.75 Å². The molecule has 0 saturated carbocycles. The Balaban J connectivity index is 2.00. The highest BCUT2D eigenvalue weighted by molar-refractivity contribution is 6.32. The van der Waals surface area contributed by atoms with Crippen molar-refractivity contribution in [1.29, 1.82) is 0 Å². The van der Waals surface area contributed by atoms with Gasteiger partial charge in [0.15, 0.2) is 0 Å². The van der Waals surface area contributed by atoms with Gasteiger partial charge in [-0.1, -0.05) is 11.6 Å². The third-order valence-corrected chi connectivity index (χ3v) is 3.85. The smallest absolute Gasteiger partial charge is 0.251 e. The van der Waals surface area contributed by atoms with Crippen LogP contribution >= 0.6 is 11.6 Å². The van der Waals surface area contributed by atoms with Crippen LogP contribution in [0.3, 0.4) is 0 Å². The maximum atomic E-state index is 12.9. The van der Waals surface area contributed by atoms with Gasteiger partial charge in [0.2, 0.25) is 5.91 Å². The van der Waals surface area contributed by atoms with Crippen LogP contribution in [-0.4, -0.2) is 32.0 Å². The number of nitrogens with zero attached hydrogens (tertiary/aromatic N) is 1. The molecule has 5 nitrogen and oxygen atoms in total. The van der Waals surface area contributed by atoms with Gasteiger partial charge >= 0.3 is 0 Å². The number of nitrogens with one attached hydrogen (secondary N) is 1. The number of rotatable bonds is 6. The molecule has 0 atom stereocenters. The Morgan fingerprint density at radius 2 is 1.88 bits per heavy atom. The fourth-order valence-corrected chi connectivity index (χ4v) is 2.53. The molecule has 132 valence electrons. The molecule has 0 spiro atoms. The largest absolute Gasteiger partial charge is 0.495 e. The van der Waals surface area contributed by atoms with E-state index in [0.717, 1.165) is 0 Å². The number of carbonyl (C=O) groups excluding carboxylic acids is 2. The zero-order chi connectivity index (χ0) is 18.4. The summed E-state index contributed by atoms with van der Waals surface area (Å²) < 4.78 is 18.0. The van der Waals surface area contributed by atoms with Gasteiger partial charge in [-0.2, -0.15) is 0 Å². The maximum Gasteiger partial charge on any atom is 0.251 e. The molecule has 2 rings (SSSR count). The van der Waals surface area contributed by atoms with E-state index in [-0.39, 0.29) is 24.9 Å². The summed E-state index contributed by atoms with van der Waals surface area (Å²) in [5.74, 6) is -0.414. The lowest BCUT2D eigenvalue weighted by atomic mass is 10.2. The molecular weight excluding hydrogens is 347 g/mol. The molecule has 0 aliphatic carbocycles. The second-order valence-corrected chi connectivity index (χ2v) is 5.66. The van der Waals surface area contributed by atoms with E-state index in [4.69, 9.17) is 16.3 Å². The summed E-state index contributed by atoms with van der Waals surface area (Å²) in [5.41, 5.74) is 0.956. The Bertz CT molecular complexity index is 765. The standard InChI is InChI=1S/C18H18ClFN2O3/c1-12(23)22(15-7-8-17(25-2)16(19)11-15)10-9-21-18(24)13-3-5-14(20)6-4-13/h3-8,11H,9-10H2,1-2H3,(H,21,24). The van der Waals surface area contributed by atoms with E-state index < -0.39 is 5.82 Å². The number of ether oxygens (including phenoxy) is 1. The fourth-order valence-electron chi connectivity index (χ4n) is 2.28. The van der Waals surface area contributed by atoms with E-state index in [1.54, 1.807) is 18.2 Å². The van der Waals surface area contributed by atoms with E-state index in [0.29, 0.717) is 22.0 Å². The molecule has 0 bridgehead atoms. The molecule has 0 radical (unpaired) electrons. The van der Waals surface area contributed by atoms with Gasteiger partial charge in [-0.05, 0) is 42.5 Å². The quantitative estimate of drug-likeness (QED) is 0.855. The Labute approximate surface area is 150 Å². The van der Waals surface area contributed by atoms with Gasteiger partial charge < -0.3 is 15.0 Å². The first-order valence-electron chi connectivity index (χ1n) is 7.57. The van der Waals surface area contributed by atoms with E-state index in [2.05, 4.69) is 5.32 Å². The average molecular weight is 365 g/mol. The van der Waals surface area contributed by atoms with Crippen LogP contribution in [0.2, 0.25) is 5.02 Å². The highest BCUT2D eigenvalue weighted by Gasteiger charge is 2.14. The van der Waals surface area contributed by atoms with Crippen molar-refractivity contribution in [1.82, 2.24) is 5.32 Å². The highest BCUT2D eigenvalue weighted by Crippen LogP contribution is 2.29. The summed E-state index contributed by atoms with van der Waals surface area (Å²) in [6, 6.07) is 10.3. The third-order valence-electron chi connectivity index (χ3n) is 3.55. The first kappa shape index (κ1) is 18.7. The van der Waals surface area contributed by atoms with Crippen LogP contribution in [0.4, 0.5) is 10.1 Å². The predicted octanol–water partition coefficient (Wildman–Crippen LogP) is 3.27. The summed E-state index contributed by atoms with van der Waals surface area (Å²) in [6.07, 6.45) is 0. The van der Waals surface area contributed by atoms with Gasteiger partial charge in [0.05, 0.1) is 12.1 Å². The summed E-state index contributed by atoms with van der Waals surface area (Å²) >= 11 is 6.09. The van der Waals surface area contributed by atoms with Crippen LogP contribution in [0.15, 0.2) is 42.5 Å². The van der Waals surface area contributed by atoms with Crippen molar-refractivity contribution in [3.05, 3.63) is 58.9 Å². The lowest BCUT2D eigenvalue weighted by molar-refractivity contribution is -0.116. The fraction of sp³-hybridized carbons (Fsp3) is 0.222. The zero-order valence-electron chi connectivity index (χ0n) is 13.9. The number of amides is 2. The van der Waals surface area contributed by atoms with E-state index in [9.17, 15) is 14.0 Å². The minimum atomic E-state index is -0.407. The summed E-state index contributed by atoms with van der Waals surface area (Å²) in [5, 5.41) is 3.09. The van der Waals surface area contributed by atoms with Crippen molar-refractivity contribution in [2.45, 2.75) is 6.92 Å². The van der Waals surface area contributed by atoms with Crippen molar-refractivity contribution in [2.24, 2.45) is 0 Å². The molecule has 2 aromatic carbocycles. The van der Waals surface area contributed by atoms with E-state index in [1.165, 1.54) is 43.2 Å². The van der Waals surface area contributed by atoms with E-state index in [1.807, 2.05) is 0 Å². The summed E-state index contributed by atoms with van der Waals surface area (Å²) in [6.45, 7) is 1.93. The first-order valence-corrected chi connectivity index (χ1v) is 7.95. The maximum absolute atomic E-state index is 12.9. The zero-order valence-corrected chi connectivity index (χ0v) is 14.6. The number of benzene rings is 2. The van der Waals surface area contributed by atoms with Crippen LogP contribution in [0.5, 0.6) is 5.75 Å². The molecule has 0 heterocycles. The Morgan fingerprint density at radius 3 is 2.44 bits per heavy atom. The molecule has 0 fully saturated rings. The average Bonchev–Trinajstić information content (AvgIpc) is 2.58. The van der Waals surface area contributed by atoms with Crippen molar-refractivity contribution >= 4 is 29.1 Å². The molecule has 0 aromatic heterocycles. The molecule has 0 unspecified atom stereocenters. The predicted molar refractivity (Wildman–Crippen MR) is 94.8 cm³/mol. The molecule has 0 aliphatic heterocycles. The minimum Gasteiger partial charge on any atom is -0.495 e. The molecule has 0 aliphatic rings. The van der Waals surface area contributed by atoms with Gasteiger partial charge in [-0.3, -0.25) is 9.59 Å². The monoisotopic (exact) mass is 364 g/mol. The van der Waals surface area contributed by atoms with Crippen LogP contribution in [0.25, 0.3) is 0 Å². The van der Waals surface area contributed by atoms with Gasteiger partial charge in [-0.25, -0.2) is 4.39 Å². The molecule has 0 saturated heterocycles. The summed E-state index contributed by atoms with van der Waals surface area (Å²) in [4.78, 5) is 25.4. The lowest BCUT2D eigenvalue weighted by Crippen LogP contribution is -2.37. The lowest BCUT2D eigenvalue weighted by Gasteiger charge is -2.22. The minimum absolute atomic E-state index is 0.183. The second kappa shape index (κ2) is 8.48.